The number of hydrogen-bond acceptors (Lipinski definition) is 3. The number of amides is 1. The molecule has 22 heavy (non-hydrogen) atoms. The van der Waals surface area contributed by atoms with Gasteiger partial charge in [0.05, 0.1) is 17.8 Å². The molecule has 2 N–H and O–H groups in total. The number of benzene rings is 1. The van der Waals surface area contributed by atoms with E-state index in [1.54, 1.807) is 6.20 Å². The Morgan fingerprint density at radius 1 is 1.32 bits per heavy atom. The summed E-state index contributed by atoms with van der Waals surface area (Å²) in [5.41, 5.74) is 3.92. The maximum absolute atomic E-state index is 12.3. The van der Waals surface area contributed by atoms with Crippen molar-refractivity contribution >= 4 is 5.91 Å². The molecular formula is C17H24N4O. The summed E-state index contributed by atoms with van der Waals surface area (Å²) < 4.78 is 0. The van der Waals surface area contributed by atoms with Crippen LogP contribution in [-0.2, 0) is 6.42 Å². The highest BCUT2D eigenvalue weighted by Gasteiger charge is 2.17. The third-order valence-electron chi connectivity index (χ3n) is 3.86. The van der Waals surface area contributed by atoms with Crippen LogP contribution in [0.15, 0.2) is 30.5 Å². The Hall–Kier alpha value is -2.14. The maximum Gasteiger partial charge on any atom is 0.254 e. The van der Waals surface area contributed by atoms with Crippen LogP contribution in [0.3, 0.4) is 0 Å². The highest BCUT2D eigenvalue weighted by atomic mass is 16.1. The predicted molar refractivity (Wildman–Crippen MR) is 87.9 cm³/mol. The van der Waals surface area contributed by atoms with E-state index in [0.29, 0.717) is 12.1 Å². The van der Waals surface area contributed by atoms with Gasteiger partial charge in [-0.1, -0.05) is 36.8 Å². The quantitative estimate of drug-likeness (QED) is 0.860. The molecule has 5 heteroatoms. The van der Waals surface area contributed by atoms with Crippen LogP contribution in [0.2, 0.25) is 0 Å². The van der Waals surface area contributed by atoms with E-state index in [1.165, 1.54) is 11.1 Å². The molecule has 1 aromatic heterocycles. The van der Waals surface area contributed by atoms with Crippen LogP contribution in [0.25, 0.3) is 0 Å². The van der Waals surface area contributed by atoms with Gasteiger partial charge in [0.25, 0.3) is 5.91 Å². The van der Waals surface area contributed by atoms with E-state index in [2.05, 4.69) is 51.6 Å². The van der Waals surface area contributed by atoms with E-state index in [9.17, 15) is 4.79 Å². The largest absolute Gasteiger partial charge is 0.350 e. The van der Waals surface area contributed by atoms with Crippen molar-refractivity contribution in [1.29, 1.82) is 0 Å². The number of carbonyl (C=O) groups excluding carboxylic acids is 1. The molecular weight excluding hydrogens is 276 g/mol. The van der Waals surface area contributed by atoms with Gasteiger partial charge in [-0.2, -0.15) is 5.10 Å². The number of aromatic amines is 1. The minimum atomic E-state index is -0.0791. The van der Waals surface area contributed by atoms with Crippen LogP contribution in [0.5, 0.6) is 0 Å². The third-order valence-corrected chi connectivity index (χ3v) is 3.86. The number of hydrogen-bond donors (Lipinski definition) is 2. The lowest BCUT2D eigenvalue weighted by Crippen LogP contribution is -2.34. The number of likely N-dealkylation sites (N-methyl/N-ethyl adjacent to an activating group) is 1. The van der Waals surface area contributed by atoms with Crippen molar-refractivity contribution in [3.63, 3.8) is 0 Å². The molecule has 1 atom stereocenters. The molecule has 0 saturated carbocycles. The van der Waals surface area contributed by atoms with Crippen LogP contribution in [0.1, 0.15) is 40.1 Å². The van der Waals surface area contributed by atoms with Gasteiger partial charge in [0.1, 0.15) is 0 Å². The topological polar surface area (TPSA) is 61.0 Å². The minimum absolute atomic E-state index is 0.0791. The number of rotatable bonds is 6. The minimum Gasteiger partial charge on any atom is -0.350 e. The number of nitrogens with one attached hydrogen (secondary N) is 2. The zero-order valence-corrected chi connectivity index (χ0v) is 13.7. The molecule has 1 amide bonds. The Morgan fingerprint density at radius 3 is 2.59 bits per heavy atom. The average Bonchev–Trinajstić information content (AvgIpc) is 2.97. The number of aryl methyl sites for hydroxylation is 2. The lowest BCUT2D eigenvalue weighted by molar-refractivity contribution is 0.0941. The number of aromatic nitrogens is 2. The van der Waals surface area contributed by atoms with Gasteiger partial charge in [0.15, 0.2) is 0 Å². The molecule has 0 bridgehead atoms. The molecule has 1 unspecified atom stereocenters. The lowest BCUT2D eigenvalue weighted by atomic mass is 10.0. The molecule has 1 heterocycles. The fourth-order valence-corrected chi connectivity index (χ4v) is 2.45. The summed E-state index contributed by atoms with van der Waals surface area (Å²) in [6, 6.07) is 8.56. The summed E-state index contributed by atoms with van der Waals surface area (Å²) in [6.45, 7) is 4.63. The zero-order chi connectivity index (χ0) is 16.1. The van der Waals surface area contributed by atoms with Crippen molar-refractivity contribution in [1.82, 2.24) is 20.4 Å². The second-order valence-corrected chi connectivity index (χ2v) is 5.72. The number of H-pyrrole nitrogens is 1. The van der Waals surface area contributed by atoms with Crippen molar-refractivity contribution in [3.8, 4) is 0 Å². The van der Waals surface area contributed by atoms with Crippen molar-refractivity contribution in [2.24, 2.45) is 0 Å². The first-order valence-electron chi connectivity index (χ1n) is 7.56. The molecule has 118 valence electrons. The first-order valence-corrected chi connectivity index (χ1v) is 7.56. The number of nitrogens with zero attached hydrogens (tertiary/aromatic N) is 2. The summed E-state index contributed by atoms with van der Waals surface area (Å²) >= 11 is 0. The van der Waals surface area contributed by atoms with Crippen molar-refractivity contribution in [3.05, 3.63) is 52.8 Å². The van der Waals surface area contributed by atoms with E-state index >= 15 is 0 Å². The SMILES string of the molecule is CCc1[nH]ncc1C(=O)NCC(c1ccc(C)cc1)N(C)C. The van der Waals surface area contributed by atoms with Crippen LogP contribution >= 0.6 is 0 Å². The van der Waals surface area contributed by atoms with E-state index in [-0.39, 0.29) is 11.9 Å². The van der Waals surface area contributed by atoms with Gasteiger partial charge in [0.2, 0.25) is 0 Å². The predicted octanol–water partition coefficient (Wildman–Crippen LogP) is 2.31. The molecule has 2 rings (SSSR count). The Labute approximate surface area is 131 Å². The molecule has 0 aliphatic heterocycles. The van der Waals surface area contributed by atoms with Gasteiger partial charge in [-0.3, -0.25) is 9.89 Å². The summed E-state index contributed by atoms with van der Waals surface area (Å²) in [6.07, 6.45) is 2.35. The highest BCUT2D eigenvalue weighted by molar-refractivity contribution is 5.95. The Bertz CT molecular complexity index is 616. The summed E-state index contributed by atoms with van der Waals surface area (Å²) in [4.78, 5) is 14.4. The van der Waals surface area contributed by atoms with E-state index in [4.69, 9.17) is 0 Å². The van der Waals surface area contributed by atoms with Gasteiger partial charge >= 0.3 is 0 Å². The molecule has 5 nitrogen and oxygen atoms in total. The Kier molecular flexibility index (Phi) is 5.33. The molecule has 0 fully saturated rings. The first-order chi connectivity index (χ1) is 10.5. The monoisotopic (exact) mass is 300 g/mol. The fourth-order valence-electron chi connectivity index (χ4n) is 2.45. The normalized spacial score (nSPS) is 12.4. The van der Waals surface area contributed by atoms with Crippen molar-refractivity contribution < 1.29 is 4.79 Å². The average molecular weight is 300 g/mol. The van der Waals surface area contributed by atoms with Gasteiger partial charge in [-0.25, -0.2) is 0 Å². The summed E-state index contributed by atoms with van der Waals surface area (Å²) in [5, 5.41) is 9.82. The lowest BCUT2D eigenvalue weighted by Gasteiger charge is -2.25. The summed E-state index contributed by atoms with van der Waals surface area (Å²) in [7, 11) is 4.04. The number of carbonyl (C=O) groups is 1. The second kappa shape index (κ2) is 7.22. The molecule has 0 aliphatic rings. The van der Waals surface area contributed by atoms with E-state index in [1.807, 2.05) is 21.0 Å². The molecule has 0 spiro atoms. The third kappa shape index (κ3) is 3.74. The van der Waals surface area contributed by atoms with Gasteiger partial charge in [-0.05, 0) is 33.0 Å². The van der Waals surface area contributed by atoms with E-state index in [0.717, 1.165) is 12.1 Å². The van der Waals surface area contributed by atoms with Crippen molar-refractivity contribution in [2.75, 3.05) is 20.6 Å². The zero-order valence-electron chi connectivity index (χ0n) is 13.7. The Morgan fingerprint density at radius 2 is 2.00 bits per heavy atom. The van der Waals surface area contributed by atoms with Gasteiger partial charge in [-0.15, -0.1) is 0 Å². The molecule has 0 aliphatic carbocycles. The van der Waals surface area contributed by atoms with Gasteiger partial charge < -0.3 is 10.2 Å². The van der Waals surface area contributed by atoms with Crippen LogP contribution in [0.4, 0.5) is 0 Å². The van der Waals surface area contributed by atoms with Crippen LogP contribution < -0.4 is 5.32 Å². The maximum atomic E-state index is 12.3. The van der Waals surface area contributed by atoms with Gasteiger partial charge in [0, 0.05) is 12.2 Å². The Balaban J connectivity index is 2.06. The highest BCUT2D eigenvalue weighted by Crippen LogP contribution is 2.18. The first kappa shape index (κ1) is 16.2. The molecule has 1 aromatic carbocycles. The second-order valence-electron chi connectivity index (χ2n) is 5.72. The van der Waals surface area contributed by atoms with Crippen LogP contribution in [-0.4, -0.2) is 41.6 Å². The van der Waals surface area contributed by atoms with Crippen LogP contribution in [0, 0.1) is 6.92 Å². The summed E-state index contributed by atoms with van der Waals surface area (Å²) in [5.74, 6) is -0.0791. The smallest absolute Gasteiger partial charge is 0.254 e. The van der Waals surface area contributed by atoms with Crippen molar-refractivity contribution in [2.45, 2.75) is 26.3 Å². The molecule has 0 saturated heterocycles. The molecule has 2 aromatic rings. The molecule has 0 radical (unpaired) electrons. The van der Waals surface area contributed by atoms with E-state index < -0.39 is 0 Å². The fraction of sp³-hybridized carbons (Fsp3) is 0.412. The standard InChI is InChI=1S/C17H24N4O/c1-5-15-14(10-19-20-15)17(22)18-11-16(21(3)4)13-8-6-12(2)7-9-13/h6-10,16H,5,11H2,1-4H3,(H,18,22)(H,19,20).